The lowest BCUT2D eigenvalue weighted by Crippen LogP contribution is -1.92. The van der Waals surface area contributed by atoms with Gasteiger partial charge in [-0.2, -0.15) is 0 Å². The van der Waals surface area contributed by atoms with Crippen molar-refractivity contribution in [1.82, 2.24) is 0 Å². The average Bonchev–Trinajstić information content (AvgIpc) is 3.30. The maximum Gasteiger partial charge on any atom is -0.00137 e. The van der Waals surface area contributed by atoms with Crippen molar-refractivity contribution >= 4 is 75.4 Å². The Morgan fingerprint density at radius 2 is 0.466 bits per heavy atom. The minimum atomic E-state index is 1.22. The first kappa shape index (κ1) is 32.7. The summed E-state index contributed by atoms with van der Waals surface area (Å²) in [5.74, 6) is 0. The molecule has 12 aromatic rings. The van der Waals surface area contributed by atoms with E-state index in [2.05, 4.69) is 218 Å². The molecule has 0 heterocycles. The van der Waals surface area contributed by atoms with Gasteiger partial charge in [0.15, 0.2) is 0 Å². The van der Waals surface area contributed by atoms with Crippen LogP contribution in [0.5, 0.6) is 0 Å². The largest absolute Gasteiger partial charge is 0.0622 e. The predicted octanol–water partition coefficient (Wildman–Crippen LogP) is 16.4. The zero-order valence-corrected chi connectivity index (χ0v) is 31.8. The van der Waals surface area contributed by atoms with Crippen LogP contribution in [0.2, 0.25) is 0 Å². The van der Waals surface area contributed by atoms with Crippen LogP contribution in [-0.2, 0) is 0 Å². The van der Waals surface area contributed by atoms with Crippen molar-refractivity contribution in [2.75, 3.05) is 0 Å². The van der Waals surface area contributed by atoms with Gasteiger partial charge in [0.05, 0.1) is 0 Å². The van der Waals surface area contributed by atoms with Gasteiger partial charge in [0.25, 0.3) is 0 Å². The first-order valence-electron chi connectivity index (χ1n) is 20.2. The molecule has 0 aromatic heterocycles. The van der Waals surface area contributed by atoms with Crippen LogP contribution in [-0.4, -0.2) is 0 Å². The highest BCUT2D eigenvalue weighted by atomic mass is 14.2. The van der Waals surface area contributed by atoms with Gasteiger partial charge in [-0.25, -0.2) is 0 Å². The van der Waals surface area contributed by atoms with Crippen LogP contribution >= 0.6 is 0 Å². The lowest BCUT2D eigenvalue weighted by Gasteiger charge is -2.19. The van der Waals surface area contributed by atoms with Gasteiger partial charge in [0, 0.05) is 0 Å². The third-order valence-corrected chi connectivity index (χ3v) is 12.4. The Labute approximate surface area is 336 Å². The zero-order chi connectivity index (χ0) is 38.2. The fourth-order valence-electron chi connectivity index (χ4n) is 9.68. The minimum absolute atomic E-state index is 1.22. The molecule has 0 amide bonds. The highest BCUT2D eigenvalue weighted by Gasteiger charge is 2.19. The topological polar surface area (TPSA) is 0 Å². The average molecular weight is 733 g/mol. The van der Waals surface area contributed by atoms with Gasteiger partial charge in [0.1, 0.15) is 0 Å². The smallest absolute Gasteiger partial charge is 0.00137 e. The molecule has 0 spiro atoms. The standard InChI is InChI=1S/C58H36/c1-3-15-37(16-4-1)51-31-39-19-7-9-21-41(39)33-53(51)43-27-29-47-45-23-11-14-26-50(45)58-56-36-44(28-30-48(56)46-24-12-13-25-49(46)57(58)55(47)35-43)54-34-42-22-10-8-20-40(42)32-52(54)38-17-5-2-6-18-38/h1-36H. The summed E-state index contributed by atoms with van der Waals surface area (Å²) in [6.45, 7) is 0. The second kappa shape index (κ2) is 13.0. The highest BCUT2D eigenvalue weighted by molar-refractivity contribution is 6.40. The lowest BCUT2D eigenvalue weighted by molar-refractivity contribution is 1.62. The quantitative estimate of drug-likeness (QED) is 0.158. The van der Waals surface area contributed by atoms with E-state index in [0.29, 0.717) is 0 Å². The van der Waals surface area contributed by atoms with E-state index in [9.17, 15) is 0 Å². The van der Waals surface area contributed by atoms with Gasteiger partial charge < -0.3 is 0 Å². The van der Waals surface area contributed by atoms with Crippen LogP contribution in [0, 0.1) is 0 Å². The van der Waals surface area contributed by atoms with Crippen LogP contribution in [0.25, 0.3) is 120 Å². The summed E-state index contributed by atoms with van der Waals surface area (Å²) in [6, 6.07) is 81.0. The van der Waals surface area contributed by atoms with Crippen molar-refractivity contribution in [2.24, 2.45) is 0 Å². The number of rotatable bonds is 4. The maximum absolute atomic E-state index is 2.47. The van der Waals surface area contributed by atoms with E-state index < -0.39 is 0 Å². The molecule has 0 bridgehead atoms. The molecule has 0 N–H and O–H groups in total. The second-order valence-corrected chi connectivity index (χ2v) is 15.6. The molecule has 0 saturated carbocycles. The third kappa shape index (κ3) is 5.09. The molecule has 12 rings (SSSR count). The van der Waals surface area contributed by atoms with E-state index in [4.69, 9.17) is 0 Å². The Kier molecular flexibility index (Phi) is 7.33. The summed E-state index contributed by atoms with van der Waals surface area (Å²) in [5.41, 5.74) is 9.85. The van der Waals surface area contributed by atoms with Crippen molar-refractivity contribution in [3.63, 3.8) is 0 Å². The third-order valence-electron chi connectivity index (χ3n) is 12.4. The van der Waals surface area contributed by atoms with Crippen LogP contribution in [0.4, 0.5) is 0 Å². The van der Waals surface area contributed by atoms with Crippen LogP contribution < -0.4 is 0 Å². The molecule has 0 atom stereocenters. The molecule has 0 heteroatoms. The molecular weight excluding hydrogens is 697 g/mol. The monoisotopic (exact) mass is 732 g/mol. The van der Waals surface area contributed by atoms with Gasteiger partial charge in [-0.3, -0.25) is 0 Å². The summed E-state index contributed by atoms with van der Waals surface area (Å²) in [7, 11) is 0. The molecule has 0 nitrogen and oxygen atoms in total. The van der Waals surface area contributed by atoms with Crippen molar-refractivity contribution < 1.29 is 0 Å². The number of fused-ring (bicyclic) bond motifs is 13. The summed E-state index contributed by atoms with van der Waals surface area (Å²) >= 11 is 0. The minimum Gasteiger partial charge on any atom is -0.0622 e. The van der Waals surface area contributed by atoms with E-state index in [1.54, 1.807) is 0 Å². The molecule has 268 valence electrons. The number of hydrogen-bond acceptors (Lipinski definition) is 0. The Hall–Kier alpha value is -7.54. The Bertz CT molecular complexity index is 3350. The van der Waals surface area contributed by atoms with E-state index in [-0.39, 0.29) is 0 Å². The summed E-state index contributed by atoms with van der Waals surface area (Å²) in [5, 5.41) is 17.8. The first-order chi connectivity index (χ1) is 28.8. The van der Waals surface area contributed by atoms with E-state index in [0.717, 1.165) is 0 Å². The zero-order valence-electron chi connectivity index (χ0n) is 31.8. The lowest BCUT2D eigenvalue weighted by atomic mass is 9.84. The molecule has 12 aromatic carbocycles. The Morgan fingerprint density at radius 3 is 0.845 bits per heavy atom. The molecular formula is C58H36. The maximum atomic E-state index is 2.47. The fourth-order valence-corrected chi connectivity index (χ4v) is 9.68. The summed E-state index contributed by atoms with van der Waals surface area (Å²) in [4.78, 5) is 0. The molecule has 0 unspecified atom stereocenters. The van der Waals surface area contributed by atoms with E-state index >= 15 is 0 Å². The van der Waals surface area contributed by atoms with Crippen molar-refractivity contribution in [1.29, 1.82) is 0 Å². The summed E-state index contributed by atoms with van der Waals surface area (Å²) < 4.78 is 0. The van der Waals surface area contributed by atoms with Crippen LogP contribution in [0.1, 0.15) is 0 Å². The molecule has 0 fully saturated rings. The van der Waals surface area contributed by atoms with Gasteiger partial charge in [0.2, 0.25) is 0 Å². The molecule has 0 radical (unpaired) electrons. The van der Waals surface area contributed by atoms with Crippen LogP contribution in [0.3, 0.4) is 0 Å². The second-order valence-electron chi connectivity index (χ2n) is 15.6. The normalized spacial score (nSPS) is 11.8. The summed E-state index contributed by atoms with van der Waals surface area (Å²) in [6.07, 6.45) is 0. The molecule has 0 aliphatic rings. The highest BCUT2D eigenvalue weighted by Crippen LogP contribution is 2.47. The Morgan fingerprint density at radius 1 is 0.172 bits per heavy atom. The van der Waals surface area contributed by atoms with Gasteiger partial charge >= 0.3 is 0 Å². The molecule has 58 heavy (non-hydrogen) atoms. The van der Waals surface area contributed by atoms with E-state index in [1.807, 2.05) is 0 Å². The molecule has 0 saturated heterocycles. The number of benzene rings is 12. The predicted molar refractivity (Wildman–Crippen MR) is 251 cm³/mol. The first-order valence-corrected chi connectivity index (χ1v) is 20.2. The van der Waals surface area contributed by atoms with E-state index in [1.165, 1.54) is 120 Å². The van der Waals surface area contributed by atoms with Crippen molar-refractivity contribution in [3.8, 4) is 44.5 Å². The van der Waals surface area contributed by atoms with Gasteiger partial charge in [-0.1, -0.05) is 182 Å². The number of hydrogen-bond donors (Lipinski definition) is 0. The fraction of sp³-hybridized carbons (Fsp3) is 0. The Balaban J connectivity index is 1.21. The van der Waals surface area contributed by atoms with Gasteiger partial charge in [-0.05, 0) is 156 Å². The molecule has 0 aliphatic carbocycles. The van der Waals surface area contributed by atoms with Crippen molar-refractivity contribution in [2.45, 2.75) is 0 Å². The SMILES string of the molecule is c1ccc(-c2cc3ccccc3cc2-c2ccc3c4ccccc4c4c5cc(-c6cc7ccccc7cc6-c6ccccc6)ccc5c5ccccc5c4c3c2)cc1. The van der Waals surface area contributed by atoms with Crippen LogP contribution in [0.15, 0.2) is 218 Å². The van der Waals surface area contributed by atoms with Crippen molar-refractivity contribution in [3.05, 3.63) is 218 Å². The van der Waals surface area contributed by atoms with Gasteiger partial charge in [-0.15, -0.1) is 0 Å². The molecule has 0 aliphatic heterocycles.